The number of halogens is 1. The zero-order valence-corrected chi connectivity index (χ0v) is 11.8. The maximum atomic E-state index is 11.7. The Morgan fingerprint density at radius 3 is 2.85 bits per heavy atom. The minimum absolute atomic E-state index is 0.0164. The number of rotatable bonds is 4. The molecule has 0 aromatic carbocycles. The van der Waals surface area contributed by atoms with Crippen molar-refractivity contribution in [1.82, 2.24) is 9.55 Å². The molecule has 0 aliphatic carbocycles. The van der Waals surface area contributed by atoms with Crippen molar-refractivity contribution in [3.05, 3.63) is 44.3 Å². The lowest BCUT2D eigenvalue weighted by molar-refractivity contribution is -0.0568. The highest BCUT2D eigenvalue weighted by Crippen LogP contribution is 2.28. The molecule has 0 bridgehead atoms. The zero-order chi connectivity index (χ0) is 14.9. The lowest BCUT2D eigenvalue weighted by Gasteiger charge is -2.17. The van der Waals surface area contributed by atoms with Crippen LogP contribution in [-0.4, -0.2) is 44.7 Å². The molecule has 0 unspecified atom stereocenters. The molecular weight excluding hydrogens is 336 g/mol. The predicted octanol–water partition coefficient (Wildman–Crippen LogP) is -0.922. The van der Waals surface area contributed by atoms with Crippen LogP contribution in [0.5, 0.6) is 0 Å². The minimum atomic E-state index is -1.33. The van der Waals surface area contributed by atoms with Gasteiger partial charge in [0.25, 0.3) is 5.56 Å². The monoisotopic (exact) mass is 348 g/mol. The number of hydrogen-bond donors (Lipinski definition) is 3. The lowest BCUT2D eigenvalue weighted by Crippen LogP contribution is -2.38. The Labute approximate surface area is 121 Å². The van der Waals surface area contributed by atoms with Crippen molar-refractivity contribution in [3.63, 3.8) is 0 Å². The van der Waals surface area contributed by atoms with Crippen LogP contribution in [-0.2, 0) is 9.47 Å². The fourth-order valence-corrected chi connectivity index (χ4v) is 2.23. The average Bonchev–Trinajstić information content (AvgIpc) is 2.68. The van der Waals surface area contributed by atoms with Crippen LogP contribution in [0.3, 0.4) is 0 Å². The van der Waals surface area contributed by atoms with Gasteiger partial charge in [-0.25, -0.2) is 4.79 Å². The lowest BCUT2D eigenvalue weighted by atomic mass is 10.1. The molecule has 1 aliphatic heterocycles. The third-order valence-corrected chi connectivity index (χ3v) is 3.48. The highest BCUT2D eigenvalue weighted by molar-refractivity contribution is 9.10. The van der Waals surface area contributed by atoms with E-state index in [0.29, 0.717) is 0 Å². The Hall–Kier alpha value is -1.42. The highest BCUT2D eigenvalue weighted by atomic mass is 79.9. The highest BCUT2D eigenvalue weighted by Gasteiger charge is 2.44. The Balaban J connectivity index is 2.30. The Morgan fingerprint density at radius 1 is 1.50 bits per heavy atom. The van der Waals surface area contributed by atoms with E-state index in [2.05, 4.69) is 27.5 Å². The summed E-state index contributed by atoms with van der Waals surface area (Å²) in [6.45, 7) is 3.34. The average molecular weight is 349 g/mol. The molecule has 8 nitrogen and oxygen atoms in total. The van der Waals surface area contributed by atoms with Crippen molar-refractivity contribution < 1.29 is 19.7 Å². The molecule has 3 N–H and O–H groups in total. The second kappa shape index (κ2) is 5.92. The van der Waals surface area contributed by atoms with E-state index in [9.17, 15) is 19.8 Å². The van der Waals surface area contributed by atoms with Crippen LogP contribution >= 0.6 is 15.9 Å². The molecule has 2 rings (SSSR count). The topological polar surface area (TPSA) is 114 Å². The molecular formula is C11H13BrN2O6. The van der Waals surface area contributed by atoms with E-state index in [-0.39, 0.29) is 11.1 Å². The summed E-state index contributed by atoms with van der Waals surface area (Å²) < 4.78 is 11.4. The van der Waals surface area contributed by atoms with E-state index < -0.39 is 35.8 Å². The molecule has 1 fully saturated rings. The number of aromatic nitrogens is 2. The predicted molar refractivity (Wildman–Crippen MR) is 71.1 cm³/mol. The number of nitrogens with zero attached hydrogens (tertiary/aromatic N) is 1. The second-order valence-electron chi connectivity index (χ2n) is 4.19. The molecule has 110 valence electrons. The van der Waals surface area contributed by atoms with Gasteiger partial charge < -0.3 is 19.7 Å². The molecule has 4 atom stereocenters. The molecule has 0 saturated carbocycles. The van der Waals surface area contributed by atoms with E-state index in [0.717, 1.165) is 4.57 Å². The van der Waals surface area contributed by atoms with E-state index in [4.69, 9.17) is 9.47 Å². The van der Waals surface area contributed by atoms with Crippen LogP contribution in [0, 0.1) is 0 Å². The molecule has 20 heavy (non-hydrogen) atoms. The van der Waals surface area contributed by atoms with Crippen molar-refractivity contribution in [2.75, 3.05) is 6.61 Å². The molecule has 1 aromatic rings. The molecule has 1 aromatic heterocycles. The number of aliphatic hydroxyl groups excluding tert-OH is 2. The summed E-state index contributed by atoms with van der Waals surface area (Å²) in [6.07, 6.45) is -2.12. The van der Waals surface area contributed by atoms with Gasteiger partial charge in [-0.2, -0.15) is 0 Å². The number of aromatic amines is 1. The van der Waals surface area contributed by atoms with E-state index in [1.807, 2.05) is 0 Å². The zero-order valence-electron chi connectivity index (χ0n) is 10.2. The Morgan fingerprint density at radius 2 is 2.20 bits per heavy atom. The van der Waals surface area contributed by atoms with Gasteiger partial charge in [0.05, 0.1) is 10.7 Å². The summed E-state index contributed by atoms with van der Waals surface area (Å²) >= 11 is 2.98. The summed E-state index contributed by atoms with van der Waals surface area (Å²) in [5, 5.41) is 19.8. The first-order valence-corrected chi connectivity index (χ1v) is 6.50. The van der Waals surface area contributed by atoms with E-state index in [1.54, 1.807) is 0 Å². The Bertz CT molecular complexity index is 612. The molecule has 0 radical (unpaired) electrons. The van der Waals surface area contributed by atoms with Crippen LogP contribution in [0.1, 0.15) is 6.23 Å². The van der Waals surface area contributed by atoms with Gasteiger partial charge in [0.2, 0.25) is 0 Å². The quantitative estimate of drug-likeness (QED) is 0.606. The number of H-pyrrole nitrogens is 1. The van der Waals surface area contributed by atoms with Crippen LogP contribution in [0.4, 0.5) is 0 Å². The summed E-state index contributed by atoms with van der Waals surface area (Å²) in [4.78, 5) is 25.0. The molecule has 1 saturated heterocycles. The Kier molecular flexibility index (Phi) is 4.43. The second-order valence-corrected chi connectivity index (χ2v) is 5.04. The smallest absolute Gasteiger partial charge is 0.330 e. The van der Waals surface area contributed by atoms with Gasteiger partial charge in [0, 0.05) is 6.20 Å². The largest absolute Gasteiger partial charge is 0.499 e. The number of ether oxygens (including phenoxy) is 2. The molecule has 9 heteroatoms. The molecule has 2 heterocycles. The number of aliphatic hydroxyl groups is 2. The van der Waals surface area contributed by atoms with Gasteiger partial charge >= 0.3 is 5.69 Å². The maximum absolute atomic E-state index is 11.7. The maximum Gasteiger partial charge on any atom is 0.330 e. The summed E-state index contributed by atoms with van der Waals surface area (Å²) in [5.41, 5.74) is -1.34. The standard InChI is InChI=1S/C11H13BrN2O6/c1-2-19-4-6-7(15)8(16)10(20-6)14-3-5(12)9(17)13-11(14)18/h2-3,6-8,10,15-16H,1,4H2,(H,13,17,18)/t6-,7-,8-,10-/m1/s1. The van der Waals surface area contributed by atoms with Gasteiger partial charge in [-0.15, -0.1) is 0 Å². The molecule has 1 aliphatic rings. The van der Waals surface area contributed by atoms with Gasteiger partial charge in [-0.3, -0.25) is 14.3 Å². The fraction of sp³-hybridized carbons (Fsp3) is 0.455. The molecule has 0 spiro atoms. The van der Waals surface area contributed by atoms with Crippen molar-refractivity contribution in [2.24, 2.45) is 0 Å². The number of hydrogen-bond acceptors (Lipinski definition) is 6. The minimum Gasteiger partial charge on any atom is -0.499 e. The van der Waals surface area contributed by atoms with E-state index >= 15 is 0 Å². The molecule has 0 amide bonds. The summed E-state index contributed by atoms with van der Waals surface area (Å²) in [5.74, 6) is 0. The third-order valence-electron chi connectivity index (χ3n) is 2.91. The van der Waals surface area contributed by atoms with Gasteiger partial charge in [-0.1, -0.05) is 6.58 Å². The van der Waals surface area contributed by atoms with Crippen LogP contribution in [0.15, 0.2) is 33.1 Å². The fourth-order valence-electron chi connectivity index (χ4n) is 1.91. The van der Waals surface area contributed by atoms with Crippen LogP contribution < -0.4 is 11.2 Å². The first kappa shape index (κ1) is 15.0. The van der Waals surface area contributed by atoms with Crippen molar-refractivity contribution in [3.8, 4) is 0 Å². The van der Waals surface area contributed by atoms with Crippen LogP contribution in [0.2, 0.25) is 0 Å². The van der Waals surface area contributed by atoms with Crippen molar-refractivity contribution in [2.45, 2.75) is 24.5 Å². The number of nitrogens with one attached hydrogen (secondary N) is 1. The van der Waals surface area contributed by atoms with Gasteiger partial charge in [-0.05, 0) is 15.9 Å². The first-order valence-electron chi connectivity index (χ1n) is 5.70. The third kappa shape index (κ3) is 2.70. The summed E-state index contributed by atoms with van der Waals surface area (Å²) in [7, 11) is 0. The first-order chi connectivity index (χ1) is 9.45. The van der Waals surface area contributed by atoms with Crippen LogP contribution in [0.25, 0.3) is 0 Å². The van der Waals surface area contributed by atoms with E-state index in [1.165, 1.54) is 12.5 Å². The van der Waals surface area contributed by atoms with Crippen molar-refractivity contribution >= 4 is 15.9 Å². The summed E-state index contributed by atoms with van der Waals surface area (Å²) in [6, 6.07) is 0. The van der Waals surface area contributed by atoms with Gasteiger partial charge in [0.15, 0.2) is 6.23 Å². The normalized spacial score (nSPS) is 29.4. The van der Waals surface area contributed by atoms with Gasteiger partial charge in [0.1, 0.15) is 24.9 Å². The van der Waals surface area contributed by atoms with Crippen molar-refractivity contribution in [1.29, 1.82) is 0 Å². The SMILES string of the molecule is C=COC[C@H]1O[C@@H](n2cc(Br)c(=O)[nH]c2=O)[C@H](O)[C@@H]1O.